The summed E-state index contributed by atoms with van der Waals surface area (Å²) in [5, 5.41) is 0. The third kappa shape index (κ3) is 3.51. The summed E-state index contributed by atoms with van der Waals surface area (Å²) in [6.45, 7) is 0. The molecule has 8 heteroatoms. The van der Waals surface area contributed by atoms with E-state index < -0.39 is 11.9 Å². The summed E-state index contributed by atoms with van der Waals surface area (Å²) >= 11 is 0. The monoisotopic (exact) mass is 371 g/mol. The molecule has 2 aromatic heterocycles. The zero-order valence-corrected chi connectivity index (χ0v) is 13.8. The molecule has 1 aliphatic carbocycles. The average molecular weight is 371 g/mol. The van der Waals surface area contributed by atoms with Crippen molar-refractivity contribution in [1.82, 2.24) is 15.0 Å². The van der Waals surface area contributed by atoms with E-state index in [0.717, 1.165) is 11.6 Å². The molecular weight excluding hydrogens is 359 g/mol. The van der Waals surface area contributed by atoms with Gasteiger partial charge in [-0.15, -0.1) is 0 Å². The van der Waals surface area contributed by atoms with Crippen molar-refractivity contribution >= 4 is 5.78 Å². The molecule has 1 aliphatic rings. The Bertz CT molecular complexity index is 1020. The molecule has 0 saturated heterocycles. The van der Waals surface area contributed by atoms with Gasteiger partial charge < -0.3 is 4.74 Å². The molecule has 4 rings (SSSR count). The number of pyridine rings is 1. The SMILES string of the molecule is O=C1CCc2cc(Oc3cc(C(F)(F)F)nc(-c4ccncc4)n3)ccc21. The van der Waals surface area contributed by atoms with Crippen LogP contribution in [-0.2, 0) is 12.6 Å². The van der Waals surface area contributed by atoms with Crippen molar-refractivity contribution in [2.75, 3.05) is 0 Å². The maximum absolute atomic E-state index is 13.2. The second-order valence-electron chi connectivity index (χ2n) is 5.99. The molecule has 136 valence electrons. The standard InChI is InChI=1S/C19H12F3N3O2/c20-19(21,22)16-10-17(25-18(24-16)11-5-7-23-8-6-11)27-13-2-3-14-12(9-13)1-4-15(14)26/h2-3,5-10H,1,4H2. The first-order valence-electron chi connectivity index (χ1n) is 8.11. The molecule has 0 spiro atoms. The fourth-order valence-electron chi connectivity index (χ4n) is 2.87. The maximum atomic E-state index is 13.2. The van der Waals surface area contributed by atoms with Crippen LogP contribution in [0.1, 0.15) is 28.0 Å². The fraction of sp³-hybridized carbons (Fsp3) is 0.158. The van der Waals surface area contributed by atoms with Crippen molar-refractivity contribution in [3.63, 3.8) is 0 Å². The number of ether oxygens (including phenoxy) is 1. The van der Waals surface area contributed by atoms with E-state index in [9.17, 15) is 18.0 Å². The third-order valence-corrected chi connectivity index (χ3v) is 4.15. The minimum Gasteiger partial charge on any atom is -0.439 e. The van der Waals surface area contributed by atoms with E-state index in [0.29, 0.717) is 29.7 Å². The number of aromatic nitrogens is 3. The summed E-state index contributed by atoms with van der Waals surface area (Å²) in [5.74, 6) is 0.0286. The number of fused-ring (bicyclic) bond motifs is 1. The highest BCUT2D eigenvalue weighted by atomic mass is 19.4. The molecule has 0 amide bonds. The summed E-state index contributed by atoms with van der Waals surface area (Å²) < 4.78 is 45.2. The zero-order valence-electron chi connectivity index (χ0n) is 13.8. The number of hydrogen-bond donors (Lipinski definition) is 0. The van der Waals surface area contributed by atoms with Gasteiger partial charge in [-0.25, -0.2) is 4.98 Å². The summed E-state index contributed by atoms with van der Waals surface area (Å²) in [5.41, 5.74) is 0.728. The molecule has 0 fully saturated rings. The molecule has 2 heterocycles. The molecular formula is C19H12F3N3O2. The summed E-state index contributed by atoms with van der Waals surface area (Å²) in [4.78, 5) is 23.2. The number of aryl methyl sites for hydroxylation is 1. The Kier molecular flexibility index (Phi) is 4.10. The van der Waals surface area contributed by atoms with Gasteiger partial charge in [0.1, 0.15) is 5.75 Å². The van der Waals surface area contributed by atoms with Crippen molar-refractivity contribution in [3.05, 3.63) is 65.6 Å². The van der Waals surface area contributed by atoms with Gasteiger partial charge in [0.05, 0.1) is 0 Å². The third-order valence-electron chi connectivity index (χ3n) is 4.15. The summed E-state index contributed by atoms with van der Waals surface area (Å²) in [6.07, 6.45) is -0.747. The molecule has 0 unspecified atom stereocenters. The van der Waals surface area contributed by atoms with Crippen LogP contribution in [0.3, 0.4) is 0 Å². The van der Waals surface area contributed by atoms with Crippen LogP contribution < -0.4 is 4.74 Å². The molecule has 0 radical (unpaired) electrons. The van der Waals surface area contributed by atoms with Crippen LogP contribution in [0.15, 0.2) is 48.8 Å². The van der Waals surface area contributed by atoms with Crippen LogP contribution in [-0.4, -0.2) is 20.7 Å². The van der Waals surface area contributed by atoms with Crippen molar-refractivity contribution in [3.8, 4) is 23.0 Å². The molecule has 0 aliphatic heterocycles. The predicted molar refractivity (Wildman–Crippen MR) is 89.4 cm³/mol. The van der Waals surface area contributed by atoms with Gasteiger partial charge in [0, 0.05) is 36.0 Å². The summed E-state index contributed by atoms with van der Waals surface area (Å²) in [7, 11) is 0. The number of ketones is 1. The number of nitrogens with zero attached hydrogens (tertiary/aromatic N) is 3. The lowest BCUT2D eigenvalue weighted by Gasteiger charge is -2.12. The molecule has 5 nitrogen and oxygen atoms in total. The second-order valence-corrected chi connectivity index (χ2v) is 5.99. The largest absolute Gasteiger partial charge is 0.439 e. The first kappa shape index (κ1) is 17.1. The number of benzene rings is 1. The minimum atomic E-state index is -4.65. The van der Waals surface area contributed by atoms with Gasteiger partial charge in [0.25, 0.3) is 0 Å². The van der Waals surface area contributed by atoms with E-state index in [1.165, 1.54) is 24.5 Å². The first-order chi connectivity index (χ1) is 12.9. The van der Waals surface area contributed by atoms with Crippen LogP contribution in [0.2, 0.25) is 0 Å². The number of halogens is 3. The Labute approximate surface area is 151 Å². The van der Waals surface area contributed by atoms with Crippen molar-refractivity contribution < 1.29 is 22.7 Å². The van der Waals surface area contributed by atoms with Crippen molar-refractivity contribution in [2.45, 2.75) is 19.0 Å². The fourth-order valence-corrected chi connectivity index (χ4v) is 2.87. The topological polar surface area (TPSA) is 65.0 Å². The van der Waals surface area contributed by atoms with Gasteiger partial charge in [-0.1, -0.05) is 0 Å². The van der Waals surface area contributed by atoms with E-state index in [4.69, 9.17) is 4.74 Å². The van der Waals surface area contributed by atoms with E-state index in [1.807, 2.05) is 0 Å². The molecule has 0 saturated carbocycles. The van der Waals surface area contributed by atoms with Gasteiger partial charge >= 0.3 is 6.18 Å². The maximum Gasteiger partial charge on any atom is 0.433 e. The van der Waals surface area contributed by atoms with E-state index >= 15 is 0 Å². The van der Waals surface area contributed by atoms with Crippen LogP contribution in [0.5, 0.6) is 11.6 Å². The Hall–Kier alpha value is -3.29. The second kappa shape index (κ2) is 6.46. The van der Waals surface area contributed by atoms with Crippen LogP contribution in [0, 0.1) is 0 Å². The first-order valence-corrected chi connectivity index (χ1v) is 8.11. The van der Waals surface area contributed by atoms with Gasteiger partial charge in [-0.05, 0) is 42.3 Å². The molecule has 27 heavy (non-hydrogen) atoms. The molecule has 1 aromatic carbocycles. The van der Waals surface area contributed by atoms with Crippen LogP contribution >= 0.6 is 0 Å². The number of hydrogen-bond acceptors (Lipinski definition) is 5. The van der Waals surface area contributed by atoms with Crippen LogP contribution in [0.4, 0.5) is 13.2 Å². The predicted octanol–water partition coefficient (Wildman–Crippen LogP) is 4.48. The highest BCUT2D eigenvalue weighted by Crippen LogP contribution is 2.33. The van der Waals surface area contributed by atoms with Gasteiger partial charge in [0.15, 0.2) is 17.3 Å². The molecule has 0 bridgehead atoms. The Balaban J connectivity index is 1.73. The molecule has 3 aromatic rings. The van der Waals surface area contributed by atoms with E-state index in [-0.39, 0.29) is 17.5 Å². The number of carbonyl (C=O) groups excluding carboxylic acids is 1. The number of rotatable bonds is 3. The number of carbonyl (C=O) groups is 1. The average Bonchev–Trinajstić information content (AvgIpc) is 3.02. The molecule has 0 N–H and O–H groups in total. The van der Waals surface area contributed by atoms with Gasteiger partial charge in [-0.3, -0.25) is 9.78 Å². The number of Topliss-reactive ketones (excluding diaryl/α,β-unsaturated/α-hetero) is 1. The highest BCUT2D eigenvalue weighted by molar-refractivity contribution is 6.00. The highest BCUT2D eigenvalue weighted by Gasteiger charge is 2.34. The Morgan fingerprint density at radius 2 is 1.74 bits per heavy atom. The lowest BCUT2D eigenvalue weighted by molar-refractivity contribution is -0.141. The van der Waals surface area contributed by atoms with Crippen LogP contribution in [0.25, 0.3) is 11.4 Å². The molecule has 0 atom stereocenters. The van der Waals surface area contributed by atoms with E-state index in [1.54, 1.807) is 18.2 Å². The van der Waals surface area contributed by atoms with Gasteiger partial charge in [0.2, 0.25) is 5.88 Å². The minimum absolute atomic E-state index is 0.0536. The normalized spacial score (nSPS) is 13.5. The van der Waals surface area contributed by atoms with E-state index in [2.05, 4.69) is 15.0 Å². The van der Waals surface area contributed by atoms with Gasteiger partial charge in [-0.2, -0.15) is 18.2 Å². The van der Waals surface area contributed by atoms with Crippen molar-refractivity contribution in [2.24, 2.45) is 0 Å². The Morgan fingerprint density at radius 1 is 0.963 bits per heavy atom. The summed E-state index contributed by atoms with van der Waals surface area (Å²) in [6, 6.07) is 8.60. The Morgan fingerprint density at radius 3 is 2.48 bits per heavy atom. The number of alkyl halides is 3. The zero-order chi connectivity index (χ0) is 19.0. The lowest BCUT2D eigenvalue weighted by Crippen LogP contribution is -2.10. The smallest absolute Gasteiger partial charge is 0.433 e. The lowest BCUT2D eigenvalue weighted by atomic mass is 10.1. The quantitative estimate of drug-likeness (QED) is 0.679. The van der Waals surface area contributed by atoms with Crippen molar-refractivity contribution in [1.29, 1.82) is 0 Å².